The molecule has 1 heterocycles. The third-order valence-corrected chi connectivity index (χ3v) is 4.64. The SMILES string of the molecule is CCC(C)CC(C)NC1=NC(c2ccccc2)CS1. The molecule has 0 bridgehead atoms. The Hall–Kier alpha value is -0.960. The van der Waals surface area contributed by atoms with E-state index in [1.807, 2.05) is 11.8 Å². The summed E-state index contributed by atoms with van der Waals surface area (Å²) in [5, 5.41) is 4.67. The molecule has 1 aliphatic rings. The topological polar surface area (TPSA) is 24.4 Å². The first-order chi connectivity index (χ1) is 9.19. The summed E-state index contributed by atoms with van der Waals surface area (Å²) in [7, 11) is 0. The van der Waals surface area contributed by atoms with Crippen LogP contribution in [-0.4, -0.2) is 17.0 Å². The van der Waals surface area contributed by atoms with Crippen molar-refractivity contribution in [3.8, 4) is 0 Å². The molecule has 1 aromatic carbocycles. The molecule has 1 aromatic rings. The number of hydrogen-bond acceptors (Lipinski definition) is 3. The van der Waals surface area contributed by atoms with Gasteiger partial charge in [0, 0.05) is 11.8 Å². The fraction of sp³-hybridized carbons (Fsp3) is 0.562. The van der Waals surface area contributed by atoms with Gasteiger partial charge in [0.05, 0.1) is 6.04 Å². The number of thioether (sulfide) groups is 1. The monoisotopic (exact) mass is 276 g/mol. The van der Waals surface area contributed by atoms with Gasteiger partial charge in [0.2, 0.25) is 0 Å². The van der Waals surface area contributed by atoms with E-state index in [9.17, 15) is 0 Å². The van der Waals surface area contributed by atoms with Crippen molar-refractivity contribution < 1.29 is 0 Å². The Morgan fingerprint density at radius 2 is 2.05 bits per heavy atom. The second-order valence-electron chi connectivity index (χ2n) is 5.47. The van der Waals surface area contributed by atoms with Crippen LogP contribution >= 0.6 is 11.8 Å². The fourth-order valence-corrected chi connectivity index (χ4v) is 3.41. The van der Waals surface area contributed by atoms with Gasteiger partial charge in [-0.15, -0.1) is 0 Å². The van der Waals surface area contributed by atoms with E-state index in [0.29, 0.717) is 12.1 Å². The van der Waals surface area contributed by atoms with E-state index in [0.717, 1.165) is 16.8 Å². The van der Waals surface area contributed by atoms with Crippen LogP contribution in [-0.2, 0) is 0 Å². The minimum atomic E-state index is 0.324. The predicted molar refractivity (Wildman–Crippen MR) is 85.7 cm³/mol. The minimum absolute atomic E-state index is 0.324. The lowest BCUT2D eigenvalue weighted by atomic mass is 10.0. The van der Waals surface area contributed by atoms with Gasteiger partial charge in [0.15, 0.2) is 5.17 Å². The summed E-state index contributed by atoms with van der Waals surface area (Å²) in [5.41, 5.74) is 1.32. The molecule has 0 radical (unpaired) electrons. The van der Waals surface area contributed by atoms with Crippen molar-refractivity contribution in [2.75, 3.05) is 5.75 Å². The van der Waals surface area contributed by atoms with Crippen LogP contribution in [0.4, 0.5) is 0 Å². The highest BCUT2D eigenvalue weighted by Gasteiger charge is 2.20. The van der Waals surface area contributed by atoms with Gasteiger partial charge in [0.25, 0.3) is 0 Å². The molecule has 19 heavy (non-hydrogen) atoms. The first-order valence-corrected chi connectivity index (χ1v) is 8.19. The molecule has 0 aliphatic carbocycles. The second-order valence-corrected chi connectivity index (χ2v) is 6.47. The summed E-state index contributed by atoms with van der Waals surface area (Å²) in [5.74, 6) is 1.84. The number of hydrogen-bond donors (Lipinski definition) is 1. The first-order valence-electron chi connectivity index (χ1n) is 7.21. The molecule has 0 aromatic heterocycles. The number of amidine groups is 1. The Bertz CT molecular complexity index is 416. The van der Waals surface area contributed by atoms with Crippen molar-refractivity contribution in [1.82, 2.24) is 5.32 Å². The van der Waals surface area contributed by atoms with Gasteiger partial charge in [-0.1, -0.05) is 62.4 Å². The maximum Gasteiger partial charge on any atom is 0.157 e. The zero-order valence-electron chi connectivity index (χ0n) is 12.1. The van der Waals surface area contributed by atoms with E-state index in [4.69, 9.17) is 4.99 Å². The average Bonchev–Trinajstić information content (AvgIpc) is 2.88. The zero-order chi connectivity index (χ0) is 13.7. The van der Waals surface area contributed by atoms with Crippen molar-refractivity contribution in [2.45, 2.75) is 45.7 Å². The van der Waals surface area contributed by atoms with Gasteiger partial charge in [-0.2, -0.15) is 0 Å². The molecule has 3 heteroatoms. The van der Waals surface area contributed by atoms with Crippen LogP contribution in [0, 0.1) is 5.92 Å². The molecule has 0 saturated carbocycles. The first kappa shape index (κ1) is 14.4. The van der Waals surface area contributed by atoms with Gasteiger partial charge in [0.1, 0.15) is 0 Å². The smallest absolute Gasteiger partial charge is 0.157 e. The summed E-state index contributed by atoms with van der Waals surface area (Å²) >= 11 is 1.85. The molecule has 0 amide bonds. The quantitative estimate of drug-likeness (QED) is 0.869. The van der Waals surface area contributed by atoms with Crippen molar-refractivity contribution >= 4 is 16.9 Å². The maximum atomic E-state index is 4.80. The van der Waals surface area contributed by atoms with Crippen LogP contribution in [0.5, 0.6) is 0 Å². The molecule has 3 atom stereocenters. The zero-order valence-corrected chi connectivity index (χ0v) is 12.9. The lowest BCUT2D eigenvalue weighted by Crippen LogP contribution is -2.31. The lowest BCUT2D eigenvalue weighted by molar-refractivity contribution is 0.449. The molecule has 2 nitrogen and oxygen atoms in total. The second kappa shape index (κ2) is 6.99. The van der Waals surface area contributed by atoms with Gasteiger partial charge in [-0.25, -0.2) is 0 Å². The van der Waals surface area contributed by atoms with Crippen molar-refractivity contribution in [2.24, 2.45) is 10.9 Å². The van der Waals surface area contributed by atoms with E-state index in [1.165, 1.54) is 18.4 Å². The summed E-state index contributed by atoms with van der Waals surface area (Å²) in [6.07, 6.45) is 2.46. The standard InChI is InChI=1S/C16H24N2S/c1-4-12(2)10-13(3)17-16-18-15(11-19-16)14-8-6-5-7-9-14/h5-9,12-13,15H,4,10-11H2,1-3H3,(H,17,18). The van der Waals surface area contributed by atoms with Gasteiger partial charge >= 0.3 is 0 Å². The fourth-order valence-electron chi connectivity index (χ4n) is 2.34. The molecule has 1 N–H and O–H groups in total. The van der Waals surface area contributed by atoms with Gasteiger partial charge in [-0.3, -0.25) is 4.99 Å². The van der Waals surface area contributed by atoms with Crippen LogP contribution in [0.1, 0.15) is 45.2 Å². The third-order valence-electron chi connectivity index (χ3n) is 3.66. The van der Waals surface area contributed by atoms with Gasteiger partial charge < -0.3 is 5.32 Å². The molecule has 3 unspecified atom stereocenters. The number of nitrogens with one attached hydrogen (secondary N) is 1. The van der Waals surface area contributed by atoms with E-state index in [-0.39, 0.29) is 0 Å². The third kappa shape index (κ3) is 4.27. The molecular formula is C16H24N2S. The lowest BCUT2D eigenvalue weighted by Gasteiger charge is -2.17. The Kier molecular flexibility index (Phi) is 5.32. The van der Waals surface area contributed by atoms with Crippen LogP contribution in [0.2, 0.25) is 0 Å². The Morgan fingerprint density at radius 1 is 1.32 bits per heavy atom. The summed E-state index contributed by atoms with van der Waals surface area (Å²) in [6.45, 7) is 6.82. The summed E-state index contributed by atoms with van der Waals surface area (Å²) in [6, 6.07) is 11.4. The summed E-state index contributed by atoms with van der Waals surface area (Å²) < 4.78 is 0. The largest absolute Gasteiger partial charge is 0.362 e. The molecule has 0 spiro atoms. The molecule has 1 aliphatic heterocycles. The van der Waals surface area contributed by atoms with Crippen molar-refractivity contribution in [3.05, 3.63) is 35.9 Å². The van der Waals surface area contributed by atoms with E-state index in [2.05, 4.69) is 56.4 Å². The van der Waals surface area contributed by atoms with Crippen LogP contribution in [0.25, 0.3) is 0 Å². The van der Waals surface area contributed by atoms with E-state index >= 15 is 0 Å². The average molecular weight is 276 g/mol. The highest BCUT2D eigenvalue weighted by atomic mass is 32.2. The highest BCUT2D eigenvalue weighted by molar-refractivity contribution is 8.14. The van der Waals surface area contributed by atoms with Crippen LogP contribution < -0.4 is 5.32 Å². The van der Waals surface area contributed by atoms with Crippen LogP contribution in [0.15, 0.2) is 35.3 Å². The number of benzene rings is 1. The van der Waals surface area contributed by atoms with Crippen molar-refractivity contribution in [1.29, 1.82) is 0 Å². The summed E-state index contributed by atoms with van der Waals surface area (Å²) in [4.78, 5) is 4.80. The highest BCUT2D eigenvalue weighted by Crippen LogP contribution is 2.29. The molecule has 2 rings (SSSR count). The number of aliphatic imine (C=N–C) groups is 1. The normalized spacial score (nSPS) is 21.8. The number of nitrogens with zero attached hydrogens (tertiary/aromatic N) is 1. The van der Waals surface area contributed by atoms with Crippen LogP contribution in [0.3, 0.4) is 0 Å². The predicted octanol–water partition coefficient (Wildman–Crippen LogP) is 4.24. The Morgan fingerprint density at radius 3 is 2.74 bits per heavy atom. The Balaban J connectivity index is 1.89. The Labute approximate surface area is 121 Å². The molecule has 0 fully saturated rings. The van der Waals surface area contributed by atoms with E-state index < -0.39 is 0 Å². The van der Waals surface area contributed by atoms with Crippen molar-refractivity contribution in [3.63, 3.8) is 0 Å². The van der Waals surface area contributed by atoms with E-state index in [1.54, 1.807) is 0 Å². The van der Waals surface area contributed by atoms with Gasteiger partial charge in [-0.05, 0) is 24.8 Å². The minimum Gasteiger partial charge on any atom is -0.362 e. The molecular weight excluding hydrogens is 252 g/mol. The molecule has 0 saturated heterocycles. The molecule has 104 valence electrons. The maximum absolute atomic E-state index is 4.80. The number of rotatable bonds is 5.